The molecule has 0 unspecified atom stereocenters. The highest BCUT2D eigenvalue weighted by molar-refractivity contribution is 8.00. The van der Waals surface area contributed by atoms with E-state index < -0.39 is 0 Å². The molecule has 30 heavy (non-hydrogen) atoms. The molecule has 3 aromatic rings. The first-order chi connectivity index (χ1) is 14.6. The third-order valence-electron chi connectivity index (χ3n) is 5.69. The molecule has 1 aliphatic rings. The molecular weight excluding hydrogens is 396 g/mol. The summed E-state index contributed by atoms with van der Waals surface area (Å²) in [5, 5.41) is 13.7. The summed E-state index contributed by atoms with van der Waals surface area (Å²) in [5.74, 6) is 1.51. The number of thioether (sulfide) groups is 1. The highest BCUT2D eigenvalue weighted by Gasteiger charge is 2.27. The fraction of sp³-hybridized carbons (Fsp3) is 0.522. The van der Waals surface area contributed by atoms with Crippen molar-refractivity contribution >= 4 is 28.6 Å². The molecule has 0 aliphatic heterocycles. The van der Waals surface area contributed by atoms with Crippen LogP contribution in [-0.4, -0.2) is 32.0 Å². The van der Waals surface area contributed by atoms with Crippen LogP contribution in [0, 0.1) is 0 Å². The summed E-state index contributed by atoms with van der Waals surface area (Å²) in [6.07, 6.45) is 6.61. The van der Waals surface area contributed by atoms with Crippen LogP contribution >= 0.6 is 11.8 Å². The Kier molecular flexibility index (Phi) is 6.46. The lowest BCUT2D eigenvalue weighted by Gasteiger charge is -2.25. The Bertz CT molecular complexity index is 971. The molecule has 0 radical (unpaired) electrons. The van der Waals surface area contributed by atoms with Crippen LogP contribution in [-0.2, 0) is 4.79 Å². The number of carbonyl (C=O) groups is 1. The number of furan rings is 1. The van der Waals surface area contributed by atoms with E-state index in [-0.39, 0.29) is 17.2 Å². The average Bonchev–Trinajstić information content (AvgIpc) is 3.36. The molecule has 1 atom stereocenters. The number of amides is 1. The zero-order valence-corrected chi connectivity index (χ0v) is 18.7. The van der Waals surface area contributed by atoms with E-state index in [0.717, 1.165) is 35.4 Å². The Hall–Kier alpha value is -2.28. The van der Waals surface area contributed by atoms with E-state index in [2.05, 4.69) is 33.9 Å². The maximum Gasteiger partial charge on any atom is 0.233 e. The van der Waals surface area contributed by atoms with Gasteiger partial charge in [0.15, 0.2) is 10.9 Å². The van der Waals surface area contributed by atoms with Crippen molar-refractivity contribution in [3.05, 3.63) is 30.3 Å². The van der Waals surface area contributed by atoms with Gasteiger partial charge in [-0.05, 0) is 45.2 Å². The zero-order chi connectivity index (χ0) is 21.1. The highest BCUT2D eigenvalue weighted by Crippen LogP contribution is 2.33. The lowest BCUT2D eigenvalue weighted by atomic mass is 9.95. The van der Waals surface area contributed by atoms with E-state index in [0.29, 0.717) is 17.6 Å². The van der Waals surface area contributed by atoms with Gasteiger partial charge in [-0.15, -0.1) is 10.2 Å². The summed E-state index contributed by atoms with van der Waals surface area (Å²) in [6.45, 7) is 6.25. The van der Waals surface area contributed by atoms with Crippen molar-refractivity contribution in [2.45, 2.75) is 81.8 Å². The second kappa shape index (κ2) is 9.25. The molecule has 2 heterocycles. The number of hydrogen-bond donors (Lipinski definition) is 1. The monoisotopic (exact) mass is 426 g/mol. The smallest absolute Gasteiger partial charge is 0.233 e. The molecular formula is C23H30N4O2S. The van der Waals surface area contributed by atoms with Crippen LogP contribution in [0.25, 0.3) is 22.6 Å². The van der Waals surface area contributed by atoms with Gasteiger partial charge in [0.25, 0.3) is 0 Å². The molecule has 1 aliphatic carbocycles. The summed E-state index contributed by atoms with van der Waals surface area (Å²) >= 11 is 1.50. The van der Waals surface area contributed by atoms with Gasteiger partial charge in [0.1, 0.15) is 5.58 Å². The Balaban J connectivity index is 1.56. The summed E-state index contributed by atoms with van der Waals surface area (Å²) in [4.78, 5) is 12.9. The molecule has 1 aromatic carbocycles. The highest BCUT2D eigenvalue weighted by atomic mass is 32.2. The van der Waals surface area contributed by atoms with Crippen LogP contribution < -0.4 is 5.32 Å². The number of rotatable bonds is 7. The molecule has 6 nitrogen and oxygen atoms in total. The molecule has 160 valence electrons. The van der Waals surface area contributed by atoms with Crippen LogP contribution in [0.5, 0.6) is 0 Å². The van der Waals surface area contributed by atoms with E-state index >= 15 is 0 Å². The molecule has 4 rings (SSSR count). The number of nitrogens with zero attached hydrogens (tertiary/aromatic N) is 3. The summed E-state index contributed by atoms with van der Waals surface area (Å²) in [7, 11) is 0. The summed E-state index contributed by atoms with van der Waals surface area (Å²) in [6, 6.07) is 10.4. The number of nitrogens with one attached hydrogen (secondary N) is 1. The maximum absolute atomic E-state index is 12.9. The van der Waals surface area contributed by atoms with Gasteiger partial charge in [-0.25, -0.2) is 0 Å². The van der Waals surface area contributed by atoms with Crippen molar-refractivity contribution in [3.63, 3.8) is 0 Å². The minimum absolute atomic E-state index is 0.109. The largest absolute Gasteiger partial charge is 0.453 e. The van der Waals surface area contributed by atoms with Crippen molar-refractivity contribution in [1.29, 1.82) is 0 Å². The van der Waals surface area contributed by atoms with E-state index in [1.807, 2.05) is 37.3 Å². The first-order valence-corrected chi connectivity index (χ1v) is 11.9. The number of fused-ring (bicyclic) bond motifs is 1. The van der Waals surface area contributed by atoms with Crippen LogP contribution in [0.3, 0.4) is 0 Å². The molecule has 1 amide bonds. The zero-order valence-electron chi connectivity index (χ0n) is 17.9. The first kappa shape index (κ1) is 21.0. The third-order valence-corrected chi connectivity index (χ3v) is 7.01. The normalized spacial score (nSPS) is 16.3. The molecule has 1 fully saturated rings. The standard InChI is InChI=1S/C23H30N4O2S/c1-4-20(22(28)24-17-11-6-5-7-12-17)30-23-26-25-21(27(23)15(2)3)19-14-16-10-8-9-13-18(16)29-19/h8-10,13-15,17,20H,4-7,11-12H2,1-3H3,(H,24,28)/t20-/m1/s1. The van der Waals surface area contributed by atoms with Crippen molar-refractivity contribution in [2.75, 3.05) is 0 Å². The first-order valence-electron chi connectivity index (χ1n) is 11.0. The summed E-state index contributed by atoms with van der Waals surface area (Å²) < 4.78 is 8.09. The van der Waals surface area contributed by atoms with Gasteiger partial charge in [0.2, 0.25) is 11.7 Å². The van der Waals surface area contributed by atoms with Gasteiger partial charge in [-0.1, -0.05) is 56.1 Å². The van der Waals surface area contributed by atoms with Crippen LogP contribution in [0.1, 0.15) is 65.3 Å². The Morgan fingerprint density at radius 3 is 2.70 bits per heavy atom. The average molecular weight is 427 g/mol. The number of benzene rings is 1. The molecule has 1 saturated carbocycles. The van der Waals surface area contributed by atoms with Gasteiger partial charge in [-0.3, -0.25) is 9.36 Å². The lowest BCUT2D eigenvalue weighted by Crippen LogP contribution is -2.41. The maximum atomic E-state index is 12.9. The Morgan fingerprint density at radius 1 is 1.23 bits per heavy atom. The molecule has 7 heteroatoms. The van der Waals surface area contributed by atoms with Crippen LogP contribution in [0.4, 0.5) is 0 Å². The van der Waals surface area contributed by atoms with Crippen molar-refractivity contribution in [1.82, 2.24) is 20.1 Å². The van der Waals surface area contributed by atoms with Crippen molar-refractivity contribution in [3.8, 4) is 11.6 Å². The molecule has 2 aromatic heterocycles. The quantitative estimate of drug-likeness (QED) is 0.498. The van der Waals surface area contributed by atoms with Gasteiger partial charge in [-0.2, -0.15) is 0 Å². The van der Waals surface area contributed by atoms with E-state index in [9.17, 15) is 4.79 Å². The molecule has 0 saturated heterocycles. The lowest BCUT2D eigenvalue weighted by molar-refractivity contribution is -0.121. The minimum atomic E-state index is -0.183. The Labute approximate surface area is 181 Å². The van der Waals surface area contributed by atoms with Gasteiger partial charge < -0.3 is 9.73 Å². The van der Waals surface area contributed by atoms with Crippen LogP contribution in [0.15, 0.2) is 39.9 Å². The molecule has 0 spiro atoms. The summed E-state index contributed by atoms with van der Waals surface area (Å²) in [5.41, 5.74) is 0.832. The number of para-hydroxylation sites is 1. The predicted octanol–water partition coefficient (Wildman–Crippen LogP) is 5.59. The molecule has 1 N–H and O–H groups in total. The van der Waals surface area contributed by atoms with Gasteiger partial charge >= 0.3 is 0 Å². The van der Waals surface area contributed by atoms with E-state index in [1.54, 1.807) is 0 Å². The second-order valence-corrected chi connectivity index (χ2v) is 9.45. The van der Waals surface area contributed by atoms with Crippen molar-refractivity contribution in [2.24, 2.45) is 0 Å². The van der Waals surface area contributed by atoms with E-state index in [1.165, 1.54) is 31.0 Å². The molecule has 0 bridgehead atoms. The van der Waals surface area contributed by atoms with Gasteiger partial charge in [0.05, 0.1) is 5.25 Å². The number of hydrogen-bond acceptors (Lipinski definition) is 5. The fourth-order valence-electron chi connectivity index (χ4n) is 4.07. The topological polar surface area (TPSA) is 73.0 Å². The fourth-order valence-corrected chi connectivity index (χ4v) is 5.17. The van der Waals surface area contributed by atoms with Gasteiger partial charge in [0, 0.05) is 17.5 Å². The predicted molar refractivity (Wildman–Crippen MR) is 121 cm³/mol. The third kappa shape index (κ3) is 4.41. The van der Waals surface area contributed by atoms with Crippen molar-refractivity contribution < 1.29 is 9.21 Å². The minimum Gasteiger partial charge on any atom is -0.453 e. The number of aromatic nitrogens is 3. The number of carbonyl (C=O) groups excluding carboxylic acids is 1. The van der Waals surface area contributed by atoms with E-state index in [4.69, 9.17) is 4.42 Å². The second-order valence-electron chi connectivity index (χ2n) is 8.28. The Morgan fingerprint density at radius 2 is 2.00 bits per heavy atom. The van der Waals surface area contributed by atoms with Crippen LogP contribution in [0.2, 0.25) is 0 Å². The SMILES string of the molecule is CC[C@@H](Sc1nnc(-c2cc3ccccc3o2)n1C(C)C)C(=O)NC1CCCCC1.